The average molecular weight is 320 g/mol. The molecule has 1 saturated carbocycles. The van der Waals surface area contributed by atoms with Gasteiger partial charge in [0, 0.05) is 28.1 Å². The number of nitrogens with one attached hydrogen (secondary N) is 1. The van der Waals surface area contributed by atoms with Gasteiger partial charge in [-0.3, -0.25) is 4.98 Å². The minimum absolute atomic E-state index is 0.389. The van der Waals surface area contributed by atoms with Crippen molar-refractivity contribution in [1.29, 1.82) is 0 Å². The summed E-state index contributed by atoms with van der Waals surface area (Å²) in [6, 6.07) is 9.29. The first-order valence-electron chi connectivity index (χ1n) is 6.79. The van der Waals surface area contributed by atoms with Crippen LogP contribution in [0, 0.1) is 0 Å². The van der Waals surface area contributed by atoms with Gasteiger partial charge < -0.3 is 11.1 Å². The van der Waals surface area contributed by atoms with Crippen LogP contribution in [0.25, 0.3) is 10.9 Å². The van der Waals surface area contributed by atoms with Crippen molar-refractivity contribution in [3.63, 3.8) is 0 Å². The summed E-state index contributed by atoms with van der Waals surface area (Å²) in [6.07, 6.45) is 6.37. The fraction of sp³-hybridized carbons (Fsp3) is 0.400. The molecule has 1 aromatic carbocycles. The summed E-state index contributed by atoms with van der Waals surface area (Å²) in [5, 5.41) is 4.79. The second-order valence-corrected chi connectivity index (χ2v) is 6.20. The summed E-state index contributed by atoms with van der Waals surface area (Å²) in [7, 11) is 0. The third kappa shape index (κ3) is 2.90. The quantitative estimate of drug-likeness (QED) is 0.887. The normalized spacial score (nSPS) is 23.5. The molecule has 0 radical (unpaired) electrons. The highest BCUT2D eigenvalue weighted by atomic mass is 79.9. The minimum atomic E-state index is 0.389. The summed E-state index contributed by atoms with van der Waals surface area (Å²) in [5.74, 6) is 0. The molecule has 0 atom stereocenters. The molecule has 4 heteroatoms. The molecule has 0 unspecified atom stereocenters. The molecule has 0 saturated heterocycles. The van der Waals surface area contributed by atoms with Gasteiger partial charge in [-0.05, 0) is 53.7 Å². The Hall–Kier alpha value is -1.13. The summed E-state index contributed by atoms with van der Waals surface area (Å²) < 4.78 is 1.01. The highest BCUT2D eigenvalue weighted by molar-refractivity contribution is 9.10. The molecule has 3 nitrogen and oxygen atoms in total. The molecule has 0 amide bonds. The van der Waals surface area contributed by atoms with Gasteiger partial charge in [0.2, 0.25) is 0 Å². The van der Waals surface area contributed by atoms with E-state index in [0.29, 0.717) is 12.1 Å². The van der Waals surface area contributed by atoms with Crippen molar-refractivity contribution in [2.45, 2.75) is 37.8 Å². The van der Waals surface area contributed by atoms with Crippen LogP contribution in [-0.2, 0) is 0 Å². The zero-order valence-electron chi connectivity index (χ0n) is 10.8. The number of pyridine rings is 1. The first kappa shape index (κ1) is 12.9. The second-order valence-electron chi connectivity index (χ2n) is 5.29. The molecule has 0 bridgehead atoms. The molecule has 1 aliphatic carbocycles. The first-order chi connectivity index (χ1) is 9.22. The molecule has 1 aliphatic rings. The topological polar surface area (TPSA) is 50.9 Å². The van der Waals surface area contributed by atoms with Gasteiger partial charge in [0.25, 0.3) is 0 Å². The maximum atomic E-state index is 5.95. The minimum Gasteiger partial charge on any atom is -0.381 e. The van der Waals surface area contributed by atoms with Gasteiger partial charge in [-0.1, -0.05) is 12.1 Å². The lowest BCUT2D eigenvalue weighted by Crippen LogP contribution is -2.32. The highest BCUT2D eigenvalue weighted by Gasteiger charge is 2.18. The van der Waals surface area contributed by atoms with Crippen molar-refractivity contribution in [3.8, 4) is 0 Å². The Labute approximate surface area is 121 Å². The van der Waals surface area contributed by atoms with E-state index in [4.69, 9.17) is 5.73 Å². The van der Waals surface area contributed by atoms with Gasteiger partial charge in [0.15, 0.2) is 0 Å². The van der Waals surface area contributed by atoms with E-state index in [1.807, 2.05) is 6.20 Å². The van der Waals surface area contributed by atoms with Crippen LogP contribution in [-0.4, -0.2) is 17.1 Å². The van der Waals surface area contributed by atoms with Gasteiger partial charge >= 0.3 is 0 Å². The largest absolute Gasteiger partial charge is 0.381 e. The van der Waals surface area contributed by atoms with Crippen LogP contribution in [0.2, 0.25) is 0 Å². The lowest BCUT2D eigenvalue weighted by atomic mass is 9.91. The predicted octanol–water partition coefficient (Wildman–Crippen LogP) is 3.68. The molecule has 0 aliphatic heterocycles. The van der Waals surface area contributed by atoms with Gasteiger partial charge in [0.1, 0.15) is 0 Å². The summed E-state index contributed by atoms with van der Waals surface area (Å²) in [6.45, 7) is 0. The number of rotatable bonds is 2. The first-order valence-corrected chi connectivity index (χ1v) is 7.58. The number of halogens is 1. The smallest absolute Gasteiger partial charge is 0.0934 e. The van der Waals surface area contributed by atoms with Gasteiger partial charge in [-0.15, -0.1) is 0 Å². The monoisotopic (exact) mass is 319 g/mol. The van der Waals surface area contributed by atoms with Crippen molar-refractivity contribution in [1.82, 2.24) is 4.98 Å². The maximum Gasteiger partial charge on any atom is 0.0934 e. The second kappa shape index (κ2) is 5.47. The number of nitrogens with two attached hydrogens (primary N) is 1. The van der Waals surface area contributed by atoms with E-state index in [9.17, 15) is 0 Å². The van der Waals surface area contributed by atoms with E-state index < -0.39 is 0 Å². The Morgan fingerprint density at radius 2 is 2.00 bits per heavy atom. The molecule has 1 heterocycles. The van der Waals surface area contributed by atoms with Gasteiger partial charge in [-0.2, -0.15) is 0 Å². The number of benzene rings is 1. The Balaban J connectivity index is 1.84. The molecule has 2 aromatic rings. The van der Waals surface area contributed by atoms with Gasteiger partial charge in [-0.25, -0.2) is 0 Å². The van der Waals surface area contributed by atoms with E-state index in [0.717, 1.165) is 46.7 Å². The molecule has 19 heavy (non-hydrogen) atoms. The standard InChI is InChI=1S/C15H18BrN3/c16-11-8-10-2-1-3-14(15(10)18-9-11)19-13-6-4-12(17)5-7-13/h1-3,8-9,12-13,19H,4-7,17H2. The van der Waals surface area contributed by atoms with E-state index in [2.05, 4.69) is 50.5 Å². The Morgan fingerprint density at radius 3 is 2.79 bits per heavy atom. The summed E-state index contributed by atoms with van der Waals surface area (Å²) in [4.78, 5) is 4.53. The van der Waals surface area contributed by atoms with Crippen molar-refractivity contribution >= 4 is 32.5 Å². The highest BCUT2D eigenvalue weighted by Crippen LogP contribution is 2.27. The Kier molecular flexibility index (Phi) is 3.71. The summed E-state index contributed by atoms with van der Waals surface area (Å²) in [5.41, 5.74) is 8.12. The van der Waals surface area contributed by atoms with Crippen molar-refractivity contribution in [2.24, 2.45) is 5.73 Å². The number of fused-ring (bicyclic) bond motifs is 1. The van der Waals surface area contributed by atoms with Crippen LogP contribution in [0.15, 0.2) is 34.9 Å². The van der Waals surface area contributed by atoms with Crippen LogP contribution < -0.4 is 11.1 Å². The van der Waals surface area contributed by atoms with E-state index in [1.54, 1.807) is 0 Å². The fourth-order valence-electron chi connectivity index (χ4n) is 2.73. The van der Waals surface area contributed by atoms with Crippen LogP contribution in [0.5, 0.6) is 0 Å². The van der Waals surface area contributed by atoms with Crippen LogP contribution in [0.3, 0.4) is 0 Å². The van der Waals surface area contributed by atoms with E-state index in [1.165, 1.54) is 0 Å². The zero-order valence-corrected chi connectivity index (χ0v) is 12.4. The molecular weight excluding hydrogens is 302 g/mol. The SMILES string of the molecule is NC1CCC(Nc2cccc3cc(Br)cnc23)CC1. The number of aromatic nitrogens is 1. The van der Waals surface area contributed by atoms with Crippen LogP contribution in [0.1, 0.15) is 25.7 Å². The summed E-state index contributed by atoms with van der Waals surface area (Å²) >= 11 is 3.47. The average Bonchev–Trinajstić information content (AvgIpc) is 2.41. The van der Waals surface area contributed by atoms with E-state index >= 15 is 0 Å². The molecule has 1 fully saturated rings. The van der Waals surface area contributed by atoms with Crippen molar-refractivity contribution < 1.29 is 0 Å². The Morgan fingerprint density at radius 1 is 1.21 bits per heavy atom. The number of para-hydroxylation sites is 1. The third-order valence-electron chi connectivity index (χ3n) is 3.81. The molecule has 1 aromatic heterocycles. The van der Waals surface area contributed by atoms with Gasteiger partial charge in [0.05, 0.1) is 11.2 Å². The number of nitrogens with zero attached hydrogens (tertiary/aromatic N) is 1. The third-order valence-corrected chi connectivity index (χ3v) is 4.24. The molecule has 100 valence electrons. The van der Waals surface area contributed by atoms with Crippen LogP contribution >= 0.6 is 15.9 Å². The fourth-order valence-corrected chi connectivity index (χ4v) is 3.08. The number of hydrogen-bond acceptors (Lipinski definition) is 3. The maximum absolute atomic E-state index is 5.95. The molecule has 3 N–H and O–H groups in total. The Bertz CT molecular complexity index is 577. The molecule has 0 spiro atoms. The van der Waals surface area contributed by atoms with E-state index in [-0.39, 0.29) is 0 Å². The number of anilines is 1. The predicted molar refractivity (Wildman–Crippen MR) is 83.3 cm³/mol. The van der Waals surface area contributed by atoms with Crippen molar-refractivity contribution in [2.75, 3.05) is 5.32 Å². The van der Waals surface area contributed by atoms with Crippen molar-refractivity contribution in [3.05, 3.63) is 34.9 Å². The molecular formula is C15H18BrN3. The number of hydrogen-bond donors (Lipinski definition) is 2. The lowest BCUT2D eigenvalue weighted by molar-refractivity contribution is 0.411. The van der Waals surface area contributed by atoms with Crippen LogP contribution in [0.4, 0.5) is 5.69 Å². The molecule has 3 rings (SSSR count). The zero-order chi connectivity index (χ0) is 13.2. The lowest BCUT2D eigenvalue weighted by Gasteiger charge is -2.27.